The molecule has 156 valence electrons. The lowest BCUT2D eigenvalue weighted by Crippen LogP contribution is -2.45. The first-order valence-corrected chi connectivity index (χ1v) is 8.49. The van der Waals surface area contributed by atoms with Crippen molar-refractivity contribution in [1.29, 1.82) is 0 Å². The van der Waals surface area contributed by atoms with Crippen LogP contribution in [0.2, 0.25) is 0 Å². The maximum Gasteiger partial charge on any atom is 0.416 e. The van der Waals surface area contributed by atoms with Gasteiger partial charge in [-0.1, -0.05) is 6.07 Å². The fourth-order valence-corrected chi connectivity index (χ4v) is 2.61. The average molecular weight is 421 g/mol. The molecule has 3 N–H and O–H groups in total. The van der Waals surface area contributed by atoms with Gasteiger partial charge >= 0.3 is 6.18 Å². The number of benzene rings is 2. The molecule has 2 amide bonds. The Balaban J connectivity index is 1.73. The molecule has 3 rings (SSSR count). The van der Waals surface area contributed by atoms with E-state index in [-0.39, 0.29) is 29.4 Å². The highest BCUT2D eigenvalue weighted by Gasteiger charge is 2.31. The number of nitrogens with zero attached hydrogens (tertiary/aromatic N) is 2. The number of carbonyl (C=O) groups excluding carboxylic acids is 2. The number of nitrogens with one attached hydrogen (secondary N) is 3. The summed E-state index contributed by atoms with van der Waals surface area (Å²) in [6.07, 6.45) is -4.81. The van der Waals surface area contributed by atoms with Gasteiger partial charge in [0.05, 0.1) is 16.9 Å². The quantitative estimate of drug-likeness (QED) is 0.517. The minimum atomic E-state index is -4.54. The number of hydrogen-bond acceptors (Lipinski definition) is 6. The van der Waals surface area contributed by atoms with Crippen LogP contribution < -0.4 is 16.0 Å². The van der Waals surface area contributed by atoms with Crippen LogP contribution in [0.5, 0.6) is 0 Å². The number of amides is 2. The zero-order valence-electron chi connectivity index (χ0n) is 15.1. The maximum absolute atomic E-state index is 12.8. The molecule has 1 atom stereocenters. The summed E-state index contributed by atoms with van der Waals surface area (Å²) in [5.41, 5.74) is -0.752. The number of non-ortho nitro benzene ring substituents is 1. The summed E-state index contributed by atoms with van der Waals surface area (Å²) < 4.78 is 38.5. The van der Waals surface area contributed by atoms with Crippen molar-refractivity contribution in [1.82, 2.24) is 5.32 Å². The van der Waals surface area contributed by atoms with Gasteiger partial charge in [0.1, 0.15) is 6.04 Å². The van der Waals surface area contributed by atoms with E-state index in [4.69, 9.17) is 0 Å². The van der Waals surface area contributed by atoms with Gasteiger partial charge in [-0.2, -0.15) is 13.2 Å². The number of carbonyl (C=O) groups is 2. The molecular weight excluding hydrogens is 407 g/mol. The summed E-state index contributed by atoms with van der Waals surface area (Å²) in [6.45, 7) is 0. The van der Waals surface area contributed by atoms with Crippen LogP contribution in [0.1, 0.15) is 12.0 Å². The topological polar surface area (TPSA) is 126 Å². The van der Waals surface area contributed by atoms with E-state index in [1.165, 1.54) is 36.4 Å². The number of nitro groups is 1. The molecule has 9 nitrogen and oxygen atoms in total. The molecule has 1 aliphatic rings. The zero-order valence-corrected chi connectivity index (χ0v) is 15.1. The maximum atomic E-state index is 12.8. The molecule has 0 saturated carbocycles. The summed E-state index contributed by atoms with van der Waals surface area (Å²) >= 11 is 0. The van der Waals surface area contributed by atoms with E-state index >= 15 is 0 Å². The van der Waals surface area contributed by atoms with E-state index in [0.717, 1.165) is 12.1 Å². The molecule has 0 aliphatic carbocycles. The van der Waals surface area contributed by atoms with Crippen molar-refractivity contribution < 1.29 is 27.7 Å². The van der Waals surface area contributed by atoms with Gasteiger partial charge in [0.2, 0.25) is 17.8 Å². The molecule has 12 heteroatoms. The van der Waals surface area contributed by atoms with Crippen molar-refractivity contribution in [2.24, 2.45) is 4.99 Å². The lowest BCUT2D eigenvalue weighted by atomic mass is 10.1. The van der Waals surface area contributed by atoms with Gasteiger partial charge < -0.3 is 10.6 Å². The first-order valence-electron chi connectivity index (χ1n) is 8.49. The Bertz CT molecular complexity index is 1020. The Morgan fingerprint density at radius 1 is 1.17 bits per heavy atom. The summed E-state index contributed by atoms with van der Waals surface area (Å²) in [7, 11) is 0. The van der Waals surface area contributed by atoms with E-state index in [2.05, 4.69) is 20.9 Å². The number of rotatable bonds is 4. The monoisotopic (exact) mass is 421 g/mol. The summed E-state index contributed by atoms with van der Waals surface area (Å²) in [4.78, 5) is 38.4. The molecule has 2 aromatic carbocycles. The van der Waals surface area contributed by atoms with Crippen LogP contribution in [-0.4, -0.2) is 28.7 Å². The largest absolute Gasteiger partial charge is 0.416 e. The summed E-state index contributed by atoms with van der Waals surface area (Å²) in [6, 6.07) is 8.19. The molecule has 30 heavy (non-hydrogen) atoms. The Morgan fingerprint density at radius 3 is 2.50 bits per heavy atom. The van der Waals surface area contributed by atoms with Crippen molar-refractivity contribution >= 4 is 34.8 Å². The number of nitro benzene ring substituents is 1. The lowest BCUT2D eigenvalue weighted by Gasteiger charge is -2.21. The predicted molar refractivity (Wildman–Crippen MR) is 101 cm³/mol. The van der Waals surface area contributed by atoms with Gasteiger partial charge in [0.15, 0.2) is 0 Å². The van der Waals surface area contributed by atoms with Crippen molar-refractivity contribution in [3.8, 4) is 0 Å². The number of alkyl halides is 3. The Hall–Kier alpha value is -3.96. The Labute approximate surface area is 167 Å². The third-order valence-electron chi connectivity index (χ3n) is 4.02. The number of aliphatic imine (C=N–C) groups is 1. The van der Waals surface area contributed by atoms with Gasteiger partial charge in [0.25, 0.3) is 5.69 Å². The number of halogens is 3. The van der Waals surface area contributed by atoms with Crippen LogP contribution >= 0.6 is 0 Å². The molecule has 0 radical (unpaired) electrons. The van der Waals surface area contributed by atoms with Crippen molar-refractivity contribution in [2.75, 3.05) is 10.6 Å². The molecule has 0 fully saturated rings. The fourth-order valence-electron chi connectivity index (χ4n) is 2.61. The molecule has 0 aromatic heterocycles. The molecular formula is C18H14F3N5O4. The summed E-state index contributed by atoms with van der Waals surface area (Å²) in [5.74, 6) is -1.38. The molecule has 0 saturated heterocycles. The van der Waals surface area contributed by atoms with Crippen LogP contribution in [-0.2, 0) is 15.8 Å². The molecule has 0 bridgehead atoms. The SMILES string of the molecule is O=C1C[C@H](C(=O)Nc2ccc([N+](=O)[O-])cc2)N=C(Nc2cccc(C(F)(F)F)c2)N1. The normalized spacial score (nSPS) is 16.3. The van der Waals surface area contributed by atoms with Crippen LogP contribution in [0.4, 0.5) is 30.2 Å². The minimum absolute atomic E-state index is 0.0281. The highest BCUT2D eigenvalue weighted by molar-refractivity contribution is 6.10. The molecule has 1 heterocycles. The van der Waals surface area contributed by atoms with E-state index < -0.39 is 34.5 Å². The van der Waals surface area contributed by atoms with Gasteiger partial charge in [-0.3, -0.25) is 25.0 Å². The number of hydrogen-bond donors (Lipinski definition) is 3. The zero-order chi connectivity index (χ0) is 21.9. The van der Waals surface area contributed by atoms with Gasteiger partial charge in [0, 0.05) is 23.5 Å². The Kier molecular flexibility index (Phi) is 5.67. The predicted octanol–water partition coefficient (Wildman–Crippen LogP) is 2.91. The van der Waals surface area contributed by atoms with Gasteiger partial charge in [-0.25, -0.2) is 4.99 Å². The minimum Gasteiger partial charge on any atom is -0.326 e. The van der Waals surface area contributed by atoms with Crippen molar-refractivity contribution in [3.05, 3.63) is 64.2 Å². The van der Waals surface area contributed by atoms with Gasteiger partial charge in [-0.15, -0.1) is 0 Å². The molecule has 1 aliphatic heterocycles. The molecule has 2 aromatic rings. The van der Waals surface area contributed by atoms with E-state index in [1.807, 2.05) is 0 Å². The van der Waals surface area contributed by atoms with Crippen molar-refractivity contribution in [2.45, 2.75) is 18.6 Å². The second-order valence-electron chi connectivity index (χ2n) is 6.24. The lowest BCUT2D eigenvalue weighted by molar-refractivity contribution is -0.384. The molecule has 0 unspecified atom stereocenters. The van der Waals surface area contributed by atoms with E-state index in [0.29, 0.717) is 0 Å². The molecule has 0 spiro atoms. The number of anilines is 2. The average Bonchev–Trinajstić information content (AvgIpc) is 2.67. The van der Waals surface area contributed by atoms with Gasteiger partial charge in [-0.05, 0) is 30.3 Å². The third-order valence-corrected chi connectivity index (χ3v) is 4.02. The first kappa shape index (κ1) is 20.8. The highest BCUT2D eigenvalue weighted by Crippen LogP contribution is 2.30. The standard InChI is InChI=1S/C18H14F3N5O4/c19-18(20,21)10-2-1-3-12(8-10)23-17-24-14(9-15(27)25-17)16(28)22-11-4-6-13(7-5-11)26(29)30/h1-8,14H,9H2,(H,22,28)(H2,23,24,25,27)/t14-/m1/s1. The van der Waals surface area contributed by atoms with Crippen LogP contribution in [0.15, 0.2) is 53.5 Å². The Morgan fingerprint density at radius 2 is 1.87 bits per heavy atom. The smallest absolute Gasteiger partial charge is 0.326 e. The first-order chi connectivity index (χ1) is 14.1. The second-order valence-corrected chi connectivity index (χ2v) is 6.24. The van der Waals surface area contributed by atoms with Crippen molar-refractivity contribution in [3.63, 3.8) is 0 Å². The number of guanidine groups is 1. The van der Waals surface area contributed by atoms with Crippen LogP contribution in [0.25, 0.3) is 0 Å². The van der Waals surface area contributed by atoms with Crippen LogP contribution in [0, 0.1) is 10.1 Å². The third kappa shape index (κ3) is 5.10. The summed E-state index contributed by atoms with van der Waals surface area (Å²) in [5, 5.41) is 18.1. The highest BCUT2D eigenvalue weighted by atomic mass is 19.4. The van der Waals surface area contributed by atoms with E-state index in [9.17, 15) is 32.9 Å². The van der Waals surface area contributed by atoms with E-state index in [1.54, 1.807) is 0 Å². The second kappa shape index (κ2) is 8.19. The van der Waals surface area contributed by atoms with Crippen LogP contribution in [0.3, 0.4) is 0 Å². The fraction of sp³-hybridized carbons (Fsp3) is 0.167.